The minimum Gasteiger partial charge on any atom is -0.273 e. The maximum absolute atomic E-state index is 12.6. The number of hydrazine groups is 1. The maximum atomic E-state index is 12.6. The molecule has 1 rings (SSSR count). The molecule has 0 saturated carbocycles. The Morgan fingerprint density at radius 1 is 1.30 bits per heavy atom. The van der Waals surface area contributed by atoms with Gasteiger partial charge in [-0.1, -0.05) is 44.0 Å². The first-order chi connectivity index (χ1) is 9.16. The van der Waals surface area contributed by atoms with E-state index in [1.54, 1.807) is 0 Å². The molecule has 1 aromatic rings. The molecule has 0 radical (unpaired) electrons. The number of nitrogens with two attached hydrogens (primary N) is 1. The second-order valence-electron chi connectivity index (χ2n) is 6.50. The van der Waals surface area contributed by atoms with Crippen LogP contribution in [-0.2, 0) is 0 Å². The Balaban J connectivity index is 3.08. The second kappa shape index (κ2) is 6.23. The van der Waals surface area contributed by atoms with Crippen molar-refractivity contribution in [2.75, 3.05) is 0 Å². The Labute approximate surface area is 122 Å². The normalized spacial score (nSPS) is 12.9. The van der Waals surface area contributed by atoms with Crippen molar-refractivity contribution in [1.29, 1.82) is 0 Å². The monoisotopic (exact) mass is 274 g/mol. The molecule has 0 fully saturated rings. The van der Waals surface area contributed by atoms with Crippen LogP contribution in [0.5, 0.6) is 0 Å². The van der Waals surface area contributed by atoms with Gasteiger partial charge in [0.15, 0.2) is 0 Å². The lowest BCUT2D eigenvalue weighted by Crippen LogP contribution is -2.51. The van der Waals surface area contributed by atoms with E-state index in [1.807, 2.05) is 38.1 Å². The number of rotatable bonds is 4. The molecule has 0 aliphatic carbocycles. The van der Waals surface area contributed by atoms with Crippen LogP contribution >= 0.6 is 0 Å². The summed E-state index contributed by atoms with van der Waals surface area (Å²) in [5, 5.41) is 1.36. The third kappa shape index (κ3) is 3.94. The number of aryl methyl sites for hydroxylation is 2. The molecule has 0 saturated heterocycles. The van der Waals surface area contributed by atoms with Crippen LogP contribution in [0.2, 0.25) is 0 Å². The van der Waals surface area contributed by atoms with E-state index in [-0.39, 0.29) is 17.4 Å². The van der Waals surface area contributed by atoms with Crippen LogP contribution in [0.25, 0.3) is 0 Å². The molecule has 0 bridgehead atoms. The van der Waals surface area contributed by atoms with E-state index in [2.05, 4.69) is 27.4 Å². The average Bonchev–Trinajstić information content (AvgIpc) is 2.31. The van der Waals surface area contributed by atoms with Gasteiger partial charge in [-0.25, -0.2) is 5.84 Å². The SMILES string of the molecule is C=CC[C@@H](N(N)C(=O)c1cc(C)cc(C)c1)C(C)(C)C. The van der Waals surface area contributed by atoms with Crippen molar-refractivity contribution in [2.24, 2.45) is 11.3 Å². The van der Waals surface area contributed by atoms with E-state index < -0.39 is 0 Å². The lowest BCUT2D eigenvalue weighted by Gasteiger charge is -2.37. The number of carbonyl (C=O) groups excluding carboxylic acids is 1. The zero-order valence-corrected chi connectivity index (χ0v) is 13.2. The van der Waals surface area contributed by atoms with Crippen molar-refractivity contribution in [3.8, 4) is 0 Å². The summed E-state index contributed by atoms with van der Waals surface area (Å²) in [5.41, 5.74) is 2.68. The third-order valence-electron chi connectivity index (χ3n) is 3.43. The van der Waals surface area contributed by atoms with E-state index in [1.165, 1.54) is 5.01 Å². The molecule has 2 N–H and O–H groups in total. The Morgan fingerprint density at radius 2 is 1.80 bits per heavy atom. The summed E-state index contributed by atoms with van der Waals surface area (Å²) < 4.78 is 0. The van der Waals surface area contributed by atoms with Crippen molar-refractivity contribution < 1.29 is 4.79 Å². The first kappa shape index (κ1) is 16.4. The van der Waals surface area contributed by atoms with Crippen LogP contribution < -0.4 is 5.84 Å². The second-order valence-corrected chi connectivity index (χ2v) is 6.50. The molecular formula is C17H26N2O. The van der Waals surface area contributed by atoms with Gasteiger partial charge in [0.25, 0.3) is 5.91 Å². The van der Waals surface area contributed by atoms with Gasteiger partial charge in [0.2, 0.25) is 0 Å². The van der Waals surface area contributed by atoms with Crippen LogP contribution in [0.3, 0.4) is 0 Å². The predicted molar refractivity (Wildman–Crippen MR) is 84.3 cm³/mol. The molecule has 110 valence electrons. The molecule has 20 heavy (non-hydrogen) atoms. The third-order valence-corrected chi connectivity index (χ3v) is 3.43. The summed E-state index contributed by atoms with van der Waals surface area (Å²) in [4.78, 5) is 12.6. The van der Waals surface area contributed by atoms with Gasteiger partial charge in [0, 0.05) is 5.56 Å². The highest BCUT2D eigenvalue weighted by molar-refractivity contribution is 5.94. The summed E-state index contributed by atoms with van der Waals surface area (Å²) in [6, 6.07) is 5.72. The maximum Gasteiger partial charge on any atom is 0.268 e. The highest BCUT2D eigenvalue weighted by Crippen LogP contribution is 2.27. The largest absolute Gasteiger partial charge is 0.273 e. The van der Waals surface area contributed by atoms with Crippen molar-refractivity contribution in [1.82, 2.24) is 5.01 Å². The lowest BCUT2D eigenvalue weighted by molar-refractivity contribution is 0.0520. The minimum absolute atomic E-state index is 0.0756. The minimum atomic E-state index is -0.140. The number of hydrogen-bond donors (Lipinski definition) is 1. The standard InChI is InChI=1S/C17H26N2O/c1-7-8-15(17(4,5)6)19(18)16(20)14-10-12(2)9-13(3)11-14/h7,9-11,15H,1,8,18H2,2-6H3/t15-/m1/s1. The van der Waals surface area contributed by atoms with E-state index >= 15 is 0 Å². The fourth-order valence-corrected chi connectivity index (χ4v) is 2.43. The van der Waals surface area contributed by atoms with Crippen LogP contribution in [0, 0.1) is 19.3 Å². The van der Waals surface area contributed by atoms with Gasteiger partial charge in [0.1, 0.15) is 0 Å². The highest BCUT2D eigenvalue weighted by Gasteiger charge is 2.31. The quantitative estimate of drug-likeness (QED) is 0.394. The van der Waals surface area contributed by atoms with E-state index in [0.29, 0.717) is 12.0 Å². The molecule has 0 aliphatic rings. The molecule has 1 atom stereocenters. The van der Waals surface area contributed by atoms with E-state index in [4.69, 9.17) is 5.84 Å². The van der Waals surface area contributed by atoms with Gasteiger partial charge in [-0.3, -0.25) is 9.80 Å². The Morgan fingerprint density at radius 3 is 2.20 bits per heavy atom. The van der Waals surface area contributed by atoms with E-state index in [0.717, 1.165) is 11.1 Å². The first-order valence-corrected chi connectivity index (χ1v) is 6.94. The number of benzene rings is 1. The Hall–Kier alpha value is -1.61. The zero-order valence-electron chi connectivity index (χ0n) is 13.2. The lowest BCUT2D eigenvalue weighted by atomic mass is 9.84. The molecule has 3 heteroatoms. The summed E-state index contributed by atoms with van der Waals surface area (Å²) >= 11 is 0. The molecule has 0 heterocycles. The van der Waals surface area contributed by atoms with Gasteiger partial charge in [-0.2, -0.15) is 0 Å². The summed E-state index contributed by atoms with van der Waals surface area (Å²) in [7, 11) is 0. The number of amides is 1. The molecule has 0 aromatic heterocycles. The predicted octanol–water partition coefficient (Wildman–Crippen LogP) is 3.61. The van der Waals surface area contributed by atoms with Gasteiger partial charge < -0.3 is 0 Å². The fraction of sp³-hybridized carbons (Fsp3) is 0.471. The average molecular weight is 274 g/mol. The van der Waals surface area contributed by atoms with Gasteiger partial charge in [-0.15, -0.1) is 6.58 Å². The summed E-state index contributed by atoms with van der Waals surface area (Å²) in [6.45, 7) is 14.0. The first-order valence-electron chi connectivity index (χ1n) is 6.94. The number of hydrogen-bond acceptors (Lipinski definition) is 2. The molecule has 0 aliphatic heterocycles. The van der Waals surface area contributed by atoms with Crippen molar-refractivity contribution in [3.63, 3.8) is 0 Å². The molecule has 0 spiro atoms. The van der Waals surface area contributed by atoms with Crippen LogP contribution in [-0.4, -0.2) is 17.0 Å². The van der Waals surface area contributed by atoms with Crippen molar-refractivity contribution in [3.05, 3.63) is 47.5 Å². The van der Waals surface area contributed by atoms with Crippen molar-refractivity contribution in [2.45, 2.75) is 47.1 Å². The van der Waals surface area contributed by atoms with Gasteiger partial charge >= 0.3 is 0 Å². The topological polar surface area (TPSA) is 46.3 Å². The Bertz CT molecular complexity index is 480. The zero-order chi connectivity index (χ0) is 15.5. The van der Waals surface area contributed by atoms with Gasteiger partial charge in [-0.05, 0) is 37.8 Å². The number of carbonyl (C=O) groups is 1. The molecule has 0 unspecified atom stereocenters. The summed E-state index contributed by atoms with van der Waals surface area (Å²) in [6.07, 6.45) is 2.49. The Kier molecular flexibility index (Phi) is 5.12. The van der Waals surface area contributed by atoms with Crippen LogP contribution in [0.1, 0.15) is 48.7 Å². The highest BCUT2D eigenvalue weighted by atomic mass is 16.2. The fourth-order valence-electron chi connectivity index (χ4n) is 2.43. The smallest absolute Gasteiger partial charge is 0.268 e. The summed E-state index contributed by atoms with van der Waals surface area (Å²) in [5.74, 6) is 5.96. The van der Waals surface area contributed by atoms with Crippen LogP contribution in [0.15, 0.2) is 30.9 Å². The van der Waals surface area contributed by atoms with Crippen molar-refractivity contribution >= 4 is 5.91 Å². The molecule has 1 amide bonds. The van der Waals surface area contributed by atoms with E-state index in [9.17, 15) is 4.79 Å². The number of nitrogens with zero attached hydrogens (tertiary/aromatic N) is 1. The molecule has 1 aromatic carbocycles. The molecule has 3 nitrogen and oxygen atoms in total. The van der Waals surface area contributed by atoms with Crippen LogP contribution in [0.4, 0.5) is 0 Å². The van der Waals surface area contributed by atoms with Gasteiger partial charge in [0.05, 0.1) is 6.04 Å². The molecular weight excluding hydrogens is 248 g/mol.